The van der Waals surface area contributed by atoms with Gasteiger partial charge in [0.1, 0.15) is 0 Å². The molecule has 182 valence electrons. The van der Waals surface area contributed by atoms with Crippen LogP contribution in [-0.4, -0.2) is 68.2 Å². The number of hydrogen-bond acceptors (Lipinski definition) is 9. The van der Waals surface area contributed by atoms with E-state index in [1.54, 1.807) is 10.9 Å². The van der Waals surface area contributed by atoms with Gasteiger partial charge in [-0.2, -0.15) is 5.11 Å². The third-order valence-corrected chi connectivity index (χ3v) is 4.55. The Morgan fingerprint density at radius 2 is 1.94 bits per heavy atom. The summed E-state index contributed by atoms with van der Waals surface area (Å²) in [4.78, 5) is 25.9. The van der Waals surface area contributed by atoms with Crippen molar-refractivity contribution in [2.24, 2.45) is 10.2 Å². The van der Waals surface area contributed by atoms with Crippen LogP contribution in [0.2, 0.25) is 0 Å². The molecule has 0 saturated heterocycles. The first-order valence-corrected chi connectivity index (χ1v) is 10.8. The predicted octanol–water partition coefficient (Wildman–Crippen LogP) is 2.75. The van der Waals surface area contributed by atoms with E-state index < -0.39 is 11.9 Å². The molecular formula is C19H32N10O4. The second-order valence-electron chi connectivity index (χ2n) is 7.39. The number of hydrogen-bond donors (Lipinski definition) is 4. The second kappa shape index (κ2) is 17.1. The Labute approximate surface area is 191 Å². The maximum atomic E-state index is 10.6. The number of nitrogens with one attached hydrogen (secondary N) is 2. The van der Waals surface area contributed by atoms with Crippen molar-refractivity contribution in [3.8, 4) is 0 Å². The Morgan fingerprint density at radius 1 is 1.21 bits per heavy atom. The first-order chi connectivity index (χ1) is 15.9. The van der Waals surface area contributed by atoms with E-state index in [0.29, 0.717) is 77.1 Å². The zero-order chi connectivity index (χ0) is 24.3. The quantitative estimate of drug-likeness (QED) is 0.0974. The Kier molecular flexibility index (Phi) is 14.3. The van der Waals surface area contributed by atoms with Crippen LogP contribution in [0.1, 0.15) is 50.6 Å². The van der Waals surface area contributed by atoms with Crippen molar-refractivity contribution >= 4 is 11.9 Å². The molecule has 1 heterocycles. The maximum absolute atomic E-state index is 10.6. The van der Waals surface area contributed by atoms with Crippen LogP contribution in [0.5, 0.6) is 0 Å². The monoisotopic (exact) mass is 464 g/mol. The number of carbonyl (C=O) groups is 2. The number of rotatable bonds is 20. The lowest BCUT2D eigenvalue weighted by Crippen LogP contribution is -2.27. The zero-order valence-electron chi connectivity index (χ0n) is 18.6. The molecule has 0 aliphatic heterocycles. The van der Waals surface area contributed by atoms with Gasteiger partial charge in [-0.1, -0.05) is 10.3 Å². The standard InChI is InChI=1S/C19H32N10O4/c20-24-16(12-22-8-3-1-6-18(30)31)13-28(10-5-9-23-26-21)14-17-15-29(27-25-17)11-4-2-7-19(32)33/h12,15,20,22H,1-11,13-14H2,(H,30,31)(H,32,33)/b16-12-,24-20?. The van der Waals surface area contributed by atoms with Gasteiger partial charge in [-0.3, -0.25) is 19.2 Å². The number of aliphatic carboxylic acids is 2. The first kappa shape index (κ1) is 27.5. The Balaban J connectivity index is 2.61. The van der Waals surface area contributed by atoms with Crippen LogP contribution >= 0.6 is 0 Å². The summed E-state index contributed by atoms with van der Waals surface area (Å²) in [5.41, 5.74) is 17.1. The van der Waals surface area contributed by atoms with Gasteiger partial charge in [-0.25, -0.2) is 5.53 Å². The average Bonchev–Trinajstić information content (AvgIpc) is 3.22. The zero-order valence-corrected chi connectivity index (χ0v) is 18.6. The minimum absolute atomic E-state index is 0.125. The van der Waals surface area contributed by atoms with E-state index in [-0.39, 0.29) is 12.8 Å². The molecule has 0 spiro atoms. The number of aromatic nitrogens is 3. The van der Waals surface area contributed by atoms with E-state index in [1.165, 1.54) is 0 Å². The smallest absolute Gasteiger partial charge is 0.303 e. The van der Waals surface area contributed by atoms with Crippen molar-refractivity contribution in [2.75, 3.05) is 26.2 Å². The average molecular weight is 465 g/mol. The molecule has 0 aliphatic rings. The second-order valence-corrected chi connectivity index (χ2v) is 7.39. The van der Waals surface area contributed by atoms with E-state index in [2.05, 4.69) is 30.8 Å². The fourth-order valence-electron chi connectivity index (χ4n) is 2.96. The van der Waals surface area contributed by atoms with E-state index in [0.717, 1.165) is 5.69 Å². The molecule has 0 fully saturated rings. The summed E-state index contributed by atoms with van der Waals surface area (Å²) in [5.74, 6) is -1.63. The van der Waals surface area contributed by atoms with Crippen molar-refractivity contribution < 1.29 is 19.8 Å². The van der Waals surface area contributed by atoms with Crippen molar-refractivity contribution in [2.45, 2.75) is 58.0 Å². The van der Waals surface area contributed by atoms with Crippen molar-refractivity contribution in [1.82, 2.24) is 25.2 Å². The lowest BCUT2D eigenvalue weighted by molar-refractivity contribution is -0.138. The predicted molar refractivity (Wildman–Crippen MR) is 118 cm³/mol. The summed E-state index contributed by atoms with van der Waals surface area (Å²) >= 11 is 0. The van der Waals surface area contributed by atoms with Gasteiger partial charge in [0.15, 0.2) is 0 Å². The Morgan fingerprint density at radius 3 is 2.61 bits per heavy atom. The Hall–Kier alpha value is -3.51. The minimum atomic E-state index is -0.819. The van der Waals surface area contributed by atoms with Crippen molar-refractivity contribution in [3.63, 3.8) is 0 Å². The lowest BCUT2D eigenvalue weighted by Gasteiger charge is -2.20. The van der Waals surface area contributed by atoms with Gasteiger partial charge < -0.3 is 15.5 Å². The molecule has 0 atom stereocenters. The van der Waals surface area contributed by atoms with E-state index in [9.17, 15) is 9.59 Å². The van der Waals surface area contributed by atoms with Crippen LogP contribution in [0.4, 0.5) is 0 Å². The SMILES string of the molecule is [N-]=[N+]=NCCCN(C/C(=C/NCCCCC(=O)O)N=N)Cc1cn(CCCCC(=O)O)nn1. The molecule has 0 radical (unpaired) electrons. The summed E-state index contributed by atoms with van der Waals surface area (Å²) in [6, 6.07) is 0. The van der Waals surface area contributed by atoms with Crippen molar-refractivity contribution in [3.05, 3.63) is 34.2 Å². The van der Waals surface area contributed by atoms with E-state index >= 15 is 0 Å². The molecule has 0 aromatic carbocycles. The summed E-state index contributed by atoms with van der Waals surface area (Å²) in [7, 11) is 0. The van der Waals surface area contributed by atoms with Gasteiger partial charge in [-0.15, -0.1) is 5.10 Å². The molecule has 14 nitrogen and oxygen atoms in total. The normalized spacial score (nSPS) is 11.2. The fraction of sp³-hybridized carbons (Fsp3) is 0.684. The van der Waals surface area contributed by atoms with Gasteiger partial charge in [0.25, 0.3) is 0 Å². The summed E-state index contributed by atoms with van der Waals surface area (Å²) in [5, 5.41) is 35.8. The van der Waals surface area contributed by atoms with Gasteiger partial charge in [-0.05, 0) is 44.2 Å². The molecule has 0 unspecified atom stereocenters. The van der Waals surface area contributed by atoms with Gasteiger partial charge in [0.2, 0.25) is 0 Å². The molecule has 0 amide bonds. The molecule has 0 bridgehead atoms. The topological polar surface area (TPSA) is 206 Å². The molecule has 4 N–H and O–H groups in total. The molecule has 33 heavy (non-hydrogen) atoms. The highest BCUT2D eigenvalue weighted by Gasteiger charge is 2.12. The number of carboxylic acids is 2. The van der Waals surface area contributed by atoms with Crippen LogP contribution < -0.4 is 5.32 Å². The molecule has 1 aromatic rings. The number of nitrogens with zero attached hydrogens (tertiary/aromatic N) is 8. The van der Waals surface area contributed by atoms with Gasteiger partial charge in [0.05, 0.1) is 11.4 Å². The molecule has 1 rings (SSSR count). The van der Waals surface area contributed by atoms with Crippen LogP contribution in [0, 0.1) is 5.53 Å². The minimum Gasteiger partial charge on any atom is -0.481 e. The number of aryl methyl sites for hydroxylation is 1. The fourth-order valence-corrected chi connectivity index (χ4v) is 2.96. The first-order valence-electron chi connectivity index (χ1n) is 10.8. The molecule has 0 saturated carbocycles. The molecule has 0 aliphatic carbocycles. The number of azide groups is 1. The van der Waals surface area contributed by atoms with E-state index in [4.69, 9.17) is 21.3 Å². The molecular weight excluding hydrogens is 432 g/mol. The van der Waals surface area contributed by atoms with E-state index in [1.807, 2.05) is 11.1 Å². The Bertz CT molecular complexity index is 819. The lowest BCUT2D eigenvalue weighted by atomic mass is 10.2. The van der Waals surface area contributed by atoms with Crippen molar-refractivity contribution in [1.29, 1.82) is 5.53 Å². The highest BCUT2D eigenvalue weighted by atomic mass is 16.4. The largest absolute Gasteiger partial charge is 0.481 e. The summed E-state index contributed by atoms with van der Waals surface area (Å²) in [6.07, 6.45) is 6.85. The maximum Gasteiger partial charge on any atom is 0.303 e. The van der Waals surface area contributed by atoms with Crippen LogP contribution in [0.15, 0.2) is 28.3 Å². The van der Waals surface area contributed by atoms with Gasteiger partial charge in [0, 0.05) is 62.9 Å². The summed E-state index contributed by atoms with van der Waals surface area (Å²) in [6.45, 7) is 2.93. The molecule has 14 heteroatoms. The van der Waals surface area contributed by atoms with Gasteiger partial charge >= 0.3 is 11.9 Å². The van der Waals surface area contributed by atoms with Crippen LogP contribution in [0.25, 0.3) is 10.4 Å². The third kappa shape index (κ3) is 14.2. The highest BCUT2D eigenvalue weighted by molar-refractivity contribution is 5.66. The third-order valence-electron chi connectivity index (χ3n) is 4.55. The van der Waals surface area contributed by atoms with Crippen LogP contribution in [0.3, 0.4) is 0 Å². The highest BCUT2D eigenvalue weighted by Crippen LogP contribution is 2.08. The summed E-state index contributed by atoms with van der Waals surface area (Å²) < 4.78 is 1.68. The van der Waals surface area contributed by atoms with Crippen LogP contribution in [-0.2, 0) is 22.7 Å². The number of carboxylic acid groups (broad SMARTS) is 2. The number of unbranched alkanes of at least 4 members (excludes halogenated alkanes) is 2. The molecule has 1 aromatic heterocycles.